The summed E-state index contributed by atoms with van der Waals surface area (Å²) in [5.74, 6) is -0.503. The van der Waals surface area contributed by atoms with Crippen molar-refractivity contribution in [1.82, 2.24) is 0 Å². The van der Waals surface area contributed by atoms with Crippen LogP contribution >= 0.6 is 0 Å². The molecule has 0 saturated heterocycles. The number of benzene rings is 2. The molecule has 0 N–H and O–H groups in total. The van der Waals surface area contributed by atoms with E-state index in [9.17, 15) is 4.79 Å². The van der Waals surface area contributed by atoms with Gasteiger partial charge in [0.15, 0.2) is 5.71 Å². The fraction of sp³-hybridized carbons (Fsp3) is 0.118. The highest BCUT2D eigenvalue weighted by Gasteiger charge is 2.16. The van der Waals surface area contributed by atoms with Crippen LogP contribution in [0, 0.1) is 11.3 Å². The van der Waals surface area contributed by atoms with Crippen molar-refractivity contribution in [2.75, 3.05) is 6.61 Å². The number of esters is 1. The number of hydrogen-bond acceptors (Lipinski definition) is 4. The summed E-state index contributed by atoms with van der Waals surface area (Å²) < 4.78 is 5.05. The zero-order valence-corrected chi connectivity index (χ0v) is 11.6. The SMILES string of the molecule is CCOC(=O)C(=Nc1ccccc1C#N)c1ccccc1. The van der Waals surface area contributed by atoms with Gasteiger partial charge in [-0.1, -0.05) is 42.5 Å². The molecule has 0 atom stereocenters. The molecule has 0 unspecified atom stereocenters. The lowest BCUT2D eigenvalue weighted by Gasteiger charge is -2.07. The van der Waals surface area contributed by atoms with Crippen molar-refractivity contribution in [1.29, 1.82) is 5.26 Å². The van der Waals surface area contributed by atoms with Gasteiger partial charge in [-0.05, 0) is 19.1 Å². The maximum absolute atomic E-state index is 12.1. The van der Waals surface area contributed by atoms with Crippen molar-refractivity contribution >= 4 is 17.4 Å². The Morgan fingerprint density at radius 3 is 2.48 bits per heavy atom. The molecule has 4 nitrogen and oxygen atoms in total. The molecule has 0 aliphatic heterocycles. The van der Waals surface area contributed by atoms with Crippen molar-refractivity contribution in [3.63, 3.8) is 0 Å². The summed E-state index contributed by atoms with van der Waals surface area (Å²) in [4.78, 5) is 16.4. The molecular weight excluding hydrogens is 264 g/mol. The second-order valence-corrected chi connectivity index (χ2v) is 4.18. The molecule has 2 aromatic carbocycles. The number of rotatable bonds is 4. The zero-order valence-electron chi connectivity index (χ0n) is 11.6. The minimum Gasteiger partial charge on any atom is -0.461 e. The smallest absolute Gasteiger partial charge is 0.357 e. The molecule has 0 amide bonds. The standard InChI is InChI=1S/C17H14N2O2/c1-2-21-17(20)16(13-8-4-3-5-9-13)19-15-11-7-6-10-14(15)12-18/h3-11H,2H2,1H3. The zero-order chi connectivity index (χ0) is 15.1. The summed E-state index contributed by atoms with van der Waals surface area (Å²) in [5.41, 5.74) is 1.71. The Labute approximate surface area is 123 Å². The maximum Gasteiger partial charge on any atom is 0.357 e. The van der Waals surface area contributed by atoms with Crippen molar-refractivity contribution in [3.8, 4) is 6.07 Å². The predicted molar refractivity (Wildman–Crippen MR) is 80.4 cm³/mol. The van der Waals surface area contributed by atoms with Crippen LogP contribution in [0.5, 0.6) is 0 Å². The Bertz CT molecular complexity index is 700. The number of para-hydroxylation sites is 1. The third-order valence-electron chi connectivity index (χ3n) is 2.77. The van der Waals surface area contributed by atoms with Gasteiger partial charge in [-0.25, -0.2) is 9.79 Å². The number of nitriles is 1. The average Bonchev–Trinajstić information content (AvgIpc) is 2.54. The van der Waals surface area contributed by atoms with Crippen LogP contribution in [-0.4, -0.2) is 18.3 Å². The first kappa shape index (κ1) is 14.5. The van der Waals surface area contributed by atoms with E-state index in [1.54, 1.807) is 43.3 Å². The van der Waals surface area contributed by atoms with E-state index in [-0.39, 0.29) is 12.3 Å². The monoisotopic (exact) mass is 278 g/mol. The molecular formula is C17H14N2O2. The van der Waals surface area contributed by atoms with E-state index in [0.717, 1.165) is 0 Å². The summed E-state index contributed by atoms with van der Waals surface area (Å²) in [6, 6.07) is 18.0. The quantitative estimate of drug-likeness (QED) is 0.637. The number of carbonyl (C=O) groups excluding carboxylic acids is 1. The topological polar surface area (TPSA) is 62.4 Å². The van der Waals surface area contributed by atoms with Gasteiger partial charge >= 0.3 is 5.97 Å². The second kappa shape index (κ2) is 7.01. The number of nitrogens with zero attached hydrogens (tertiary/aromatic N) is 2. The number of ether oxygens (including phenoxy) is 1. The van der Waals surface area contributed by atoms with E-state index in [2.05, 4.69) is 11.1 Å². The molecule has 2 aromatic rings. The number of aliphatic imine (C=N–C) groups is 1. The van der Waals surface area contributed by atoms with Crippen LogP contribution < -0.4 is 0 Å². The summed E-state index contributed by atoms with van der Waals surface area (Å²) in [5, 5.41) is 9.11. The molecule has 0 radical (unpaired) electrons. The van der Waals surface area contributed by atoms with Gasteiger partial charge in [0.05, 0.1) is 17.9 Å². The predicted octanol–water partition coefficient (Wildman–Crippen LogP) is 3.24. The molecule has 4 heteroatoms. The van der Waals surface area contributed by atoms with Crippen LogP contribution in [0.25, 0.3) is 0 Å². The van der Waals surface area contributed by atoms with Crippen LogP contribution in [0.1, 0.15) is 18.1 Å². The second-order valence-electron chi connectivity index (χ2n) is 4.18. The maximum atomic E-state index is 12.1. The lowest BCUT2D eigenvalue weighted by atomic mass is 10.1. The van der Waals surface area contributed by atoms with Crippen LogP contribution in [0.4, 0.5) is 5.69 Å². The Balaban J connectivity index is 2.52. The van der Waals surface area contributed by atoms with Gasteiger partial charge < -0.3 is 4.74 Å². The van der Waals surface area contributed by atoms with Gasteiger partial charge in [-0.3, -0.25) is 0 Å². The van der Waals surface area contributed by atoms with E-state index in [4.69, 9.17) is 10.00 Å². The van der Waals surface area contributed by atoms with Crippen molar-refractivity contribution in [3.05, 3.63) is 65.7 Å². The van der Waals surface area contributed by atoms with Crippen molar-refractivity contribution in [2.45, 2.75) is 6.92 Å². The first-order valence-electron chi connectivity index (χ1n) is 6.56. The lowest BCUT2D eigenvalue weighted by Crippen LogP contribution is -2.18. The Kier molecular flexibility index (Phi) is 4.84. The fourth-order valence-corrected chi connectivity index (χ4v) is 1.81. The molecule has 0 spiro atoms. The highest BCUT2D eigenvalue weighted by atomic mass is 16.5. The molecule has 0 aromatic heterocycles. The number of carbonyl (C=O) groups is 1. The normalized spacial score (nSPS) is 10.8. The molecule has 0 heterocycles. The van der Waals surface area contributed by atoms with Crippen LogP contribution in [-0.2, 0) is 9.53 Å². The van der Waals surface area contributed by atoms with E-state index in [1.165, 1.54) is 0 Å². The van der Waals surface area contributed by atoms with Gasteiger partial charge in [-0.15, -0.1) is 0 Å². The first-order chi connectivity index (χ1) is 10.3. The minimum absolute atomic E-state index is 0.195. The van der Waals surface area contributed by atoms with E-state index in [1.807, 2.05) is 18.2 Å². The largest absolute Gasteiger partial charge is 0.461 e. The molecule has 0 bridgehead atoms. The molecule has 21 heavy (non-hydrogen) atoms. The molecule has 0 aliphatic carbocycles. The van der Waals surface area contributed by atoms with Crippen LogP contribution in [0.2, 0.25) is 0 Å². The minimum atomic E-state index is -0.503. The van der Waals surface area contributed by atoms with E-state index < -0.39 is 5.97 Å². The Hall–Kier alpha value is -2.93. The van der Waals surface area contributed by atoms with Gasteiger partial charge in [0.1, 0.15) is 6.07 Å². The number of hydrogen-bond donors (Lipinski definition) is 0. The van der Waals surface area contributed by atoms with Gasteiger partial charge in [0.25, 0.3) is 0 Å². The van der Waals surface area contributed by atoms with E-state index in [0.29, 0.717) is 16.8 Å². The summed E-state index contributed by atoms with van der Waals surface area (Å²) >= 11 is 0. The molecule has 2 rings (SSSR count). The lowest BCUT2D eigenvalue weighted by molar-refractivity contribution is -0.134. The van der Waals surface area contributed by atoms with Gasteiger partial charge in [0.2, 0.25) is 0 Å². The van der Waals surface area contributed by atoms with Crippen LogP contribution in [0.15, 0.2) is 59.6 Å². The van der Waals surface area contributed by atoms with Gasteiger partial charge in [-0.2, -0.15) is 5.26 Å². The Morgan fingerprint density at radius 2 is 1.81 bits per heavy atom. The molecule has 0 saturated carbocycles. The van der Waals surface area contributed by atoms with Crippen LogP contribution in [0.3, 0.4) is 0 Å². The summed E-state index contributed by atoms with van der Waals surface area (Å²) in [7, 11) is 0. The van der Waals surface area contributed by atoms with Crippen molar-refractivity contribution in [2.24, 2.45) is 4.99 Å². The third kappa shape index (κ3) is 3.54. The Morgan fingerprint density at radius 1 is 1.14 bits per heavy atom. The molecule has 0 aliphatic rings. The van der Waals surface area contributed by atoms with E-state index >= 15 is 0 Å². The highest BCUT2D eigenvalue weighted by molar-refractivity contribution is 6.43. The average molecular weight is 278 g/mol. The fourth-order valence-electron chi connectivity index (χ4n) is 1.81. The summed E-state index contributed by atoms with van der Waals surface area (Å²) in [6.07, 6.45) is 0. The first-order valence-corrected chi connectivity index (χ1v) is 6.56. The van der Waals surface area contributed by atoms with Crippen molar-refractivity contribution < 1.29 is 9.53 Å². The van der Waals surface area contributed by atoms with Gasteiger partial charge in [0, 0.05) is 5.56 Å². The summed E-state index contributed by atoms with van der Waals surface area (Å²) in [6.45, 7) is 2.01. The molecule has 0 fully saturated rings. The molecule has 104 valence electrons. The highest BCUT2D eigenvalue weighted by Crippen LogP contribution is 2.19. The third-order valence-corrected chi connectivity index (χ3v) is 2.77.